The van der Waals surface area contributed by atoms with Gasteiger partial charge in [-0.2, -0.15) is 0 Å². The molecule has 2 aromatic rings. The van der Waals surface area contributed by atoms with E-state index in [2.05, 4.69) is 0 Å². The van der Waals surface area contributed by atoms with Crippen molar-refractivity contribution in [3.05, 3.63) is 45.5 Å². The maximum absolute atomic E-state index is 15.2. The van der Waals surface area contributed by atoms with Crippen molar-refractivity contribution >= 4 is 5.97 Å². The van der Waals surface area contributed by atoms with E-state index in [1.54, 1.807) is 17.7 Å². The lowest BCUT2D eigenvalue weighted by atomic mass is 9.93. The van der Waals surface area contributed by atoms with E-state index in [0.29, 0.717) is 36.7 Å². The molecule has 2 aliphatic rings. The van der Waals surface area contributed by atoms with Gasteiger partial charge in [0, 0.05) is 43.9 Å². The molecule has 7 nitrogen and oxygen atoms in total. The van der Waals surface area contributed by atoms with Crippen molar-refractivity contribution in [2.45, 2.75) is 32.2 Å². The van der Waals surface area contributed by atoms with E-state index in [0.717, 1.165) is 5.56 Å². The van der Waals surface area contributed by atoms with Crippen molar-refractivity contribution in [3.63, 3.8) is 0 Å². The zero-order chi connectivity index (χ0) is 21.8. The predicted octanol–water partition coefficient (Wildman–Crippen LogP) is 3.45. The van der Waals surface area contributed by atoms with Crippen LogP contribution in [0.25, 0.3) is 11.3 Å². The van der Waals surface area contributed by atoms with Gasteiger partial charge in [0.1, 0.15) is 5.56 Å². The molecule has 1 aromatic heterocycles. The van der Waals surface area contributed by atoms with E-state index in [4.69, 9.17) is 14.2 Å². The number of carbonyl (C=O) groups is 1. The van der Waals surface area contributed by atoms with Gasteiger partial charge in [0.15, 0.2) is 17.3 Å². The summed E-state index contributed by atoms with van der Waals surface area (Å²) in [5, 5.41) is 9.33. The van der Waals surface area contributed by atoms with Crippen LogP contribution in [0.5, 0.6) is 11.5 Å². The first kappa shape index (κ1) is 20.4. The maximum Gasteiger partial charge on any atom is 0.341 e. The molecule has 0 amide bonds. The van der Waals surface area contributed by atoms with E-state index in [9.17, 15) is 14.7 Å². The SMILES string of the molecule is COCCCOc1cc2c(cc1OC)-c1c(F)c(=O)c(C(=O)O)cn1[C@H]1[C@@H]2C1(C)C. The number of pyridine rings is 1. The Bertz CT molecular complexity index is 1090. The first-order valence-electron chi connectivity index (χ1n) is 9.76. The summed E-state index contributed by atoms with van der Waals surface area (Å²) in [5.41, 5.74) is -0.430. The molecule has 8 heteroatoms. The van der Waals surface area contributed by atoms with Crippen LogP contribution in [0.1, 0.15) is 48.1 Å². The van der Waals surface area contributed by atoms with Gasteiger partial charge in [-0.3, -0.25) is 4.79 Å². The third-order valence-electron chi connectivity index (χ3n) is 6.16. The van der Waals surface area contributed by atoms with Crippen LogP contribution in [0.2, 0.25) is 0 Å². The summed E-state index contributed by atoms with van der Waals surface area (Å²) in [4.78, 5) is 23.8. The molecule has 2 atom stereocenters. The number of fused-ring (bicyclic) bond motifs is 6. The molecule has 1 N–H and O–H groups in total. The number of aromatic nitrogens is 1. The maximum atomic E-state index is 15.2. The molecule has 30 heavy (non-hydrogen) atoms. The van der Waals surface area contributed by atoms with Crippen LogP contribution < -0.4 is 14.9 Å². The Kier molecular flexibility index (Phi) is 4.85. The second-order valence-corrected chi connectivity index (χ2v) is 8.28. The predicted molar refractivity (Wildman–Crippen MR) is 107 cm³/mol. The Hall–Kier alpha value is -2.87. The molecule has 4 rings (SSSR count). The summed E-state index contributed by atoms with van der Waals surface area (Å²) in [6.07, 6.45) is 1.97. The number of halogens is 1. The van der Waals surface area contributed by atoms with Gasteiger partial charge in [0.05, 0.1) is 19.4 Å². The summed E-state index contributed by atoms with van der Waals surface area (Å²) in [6, 6.07) is 3.37. The molecule has 160 valence electrons. The van der Waals surface area contributed by atoms with Gasteiger partial charge in [-0.05, 0) is 23.1 Å². The average Bonchev–Trinajstić information content (AvgIpc) is 3.29. The smallest absolute Gasteiger partial charge is 0.341 e. The highest BCUT2D eigenvalue weighted by Crippen LogP contribution is 2.72. The van der Waals surface area contributed by atoms with Crippen LogP contribution in [0.15, 0.2) is 23.1 Å². The molecule has 1 aliphatic carbocycles. The summed E-state index contributed by atoms with van der Waals surface area (Å²) in [5.74, 6) is -1.49. The van der Waals surface area contributed by atoms with Gasteiger partial charge in [-0.15, -0.1) is 0 Å². The van der Waals surface area contributed by atoms with Gasteiger partial charge >= 0.3 is 5.97 Å². The largest absolute Gasteiger partial charge is 0.493 e. The number of carboxylic acids is 1. The lowest BCUT2D eigenvalue weighted by molar-refractivity contribution is 0.0693. The first-order chi connectivity index (χ1) is 14.2. The van der Waals surface area contributed by atoms with Crippen LogP contribution in [-0.4, -0.2) is 43.1 Å². The Morgan fingerprint density at radius 2 is 1.97 bits per heavy atom. The number of methoxy groups -OCH3 is 2. The highest BCUT2D eigenvalue weighted by Gasteiger charge is 2.63. The van der Waals surface area contributed by atoms with Crippen LogP contribution in [0.4, 0.5) is 4.39 Å². The minimum absolute atomic E-state index is 0.0378. The molecule has 1 fully saturated rings. The topological polar surface area (TPSA) is 87.0 Å². The zero-order valence-electron chi connectivity index (χ0n) is 17.3. The Labute approximate surface area is 173 Å². The summed E-state index contributed by atoms with van der Waals surface area (Å²) >= 11 is 0. The van der Waals surface area contributed by atoms with Gasteiger partial charge in [-0.1, -0.05) is 13.8 Å². The number of carboxylic acid groups (broad SMARTS) is 1. The molecule has 2 heterocycles. The number of rotatable bonds is 7. The molecule has 0 bridgehead atoms. The second kappa shape index (κ2) is 7.12. The van der Waals surface area contributed by atoms with Gasteiger partial charge in [0.25, 0.3) is 0 Å². The third-order valence-corrected chi connectivity index (χ3v) is 6.16. The van der Waals surface area contributed by atoms with Crippen LogP contribution in [0.3, 0.4) is 0 Å². The molecule has 0 saturated heterocycles. The molecule has 1 saturated carbocycles. The van der Waals surface area contributed by atoms with E-state index in [-0.39, 0.29) is 23.1 Å². The minimum atomic E-state index is -1.44. The van der Waals surface area contributed by atoms with Crippen molar-refractivity contribution in [1.82, 2.24) is 4.57 Å². The highest BCUT2D eigenvalue weighted by atomic mass is 19.1. The Balaban J connectivity index is 1.89. The number of benzene rings is 1. The van der Waals surface area contributed by atoms with Crippen molar-refractivity contribution < 1.29 is 28.5 Å². The lowest BCUT2D eigenvalue weighted by Gasteiger charge is -2.24. The monoisotopic (exact) mass is 417 g/mol. The second-order valence-electron chi connectivity index (χ2n) is 8.28. The fourth-order valence-electron chi connectivity index (χ4n) is 4.63. The van der Waals surface area contributed by atoms with E-state index >= 15 is 4.39 Å². The van der Waals surface area contributed by atoms with Crippen molar-refractivity contribution in [2.24, 2.45) is 5.41 Å². The van der Waals surface area contributed by atoms with E-state index in [1.165, 1.54) is 13.3 Å². The van der Waals surface area contributed by atoms with E-state index in [1.807, 2.05) is 19.9 Å². The molecule has 1 aromatic carbocycles. The van der Waals surface area contributed by atoms with Crippen LogP contribution in [-0.2, 0) is 4.74 Å². The fourth-order valence-corrected chi connectivity index (χ4v) is 4.63. The van der Waals surface area contributed by atoms with Crippen molar-refractivity contribution in [2.75, 3.05) is 27.4 Å². The van der Waals surface area contributed by atoms with Crippen LogP contribution in [0, 0.1) is 11.2 Å². The highest BCUT2D eigenvalue weighted by molar-refractivity contribution is 5.88. The molecule has 1 aliphatic heterocycles. The van der Waals surface area contributed by atoms with Gasteiger partial charge < -0.3 is 23.9 Å². The van der Waals surface area contributed by atoms with Crippen molar-refractivity contribution in [1.29, 1.82) is 0 Å². The number of ether oxygens (including phenoxy) is 3. The average molecular weight is 417 g/mol. The molecule has 0 radical (unpaired) electrons. The first-order valence-corrected chi connectivity index (χ1v) is 9.76. The number of nitrogens with zero attached hydrogens (tertiary/aromatic N) is 1. The number of aromatic carboxylic acids is 1. The molecule has 0 unspecified atom stereocenters. The normalized spacial score (nSPS) is 20.0. The third kappa shape index (κ3) is 2.89. The van der Waals surface area contributed by atoms with Gasteiger partial charge in [0.2, 0.25) is 5.43 Å². The molecule has 0 spiro atoms. The van der Waals surface area contributed by atoms with Crippen molar-refractivity contribution in [3.8, 4) is 22.8 Å². The van der Waals surface area contributed by atoms with E-state index < -0.39 is 22.8 Å². The summed E-state index contributed by atoms with van der Waals surface area (Å²) in [7, 11) is 3.12. The Morgan fingerprint density at radius 3 is 2.60 bits per heavy atom. The molecular weight excluding hydrogens is 393 g/mol. The number of hydrogen-bond donors (Lipinski definition) is 1. The number of hydrogen-bond acceptors (Lipinski definition) is 5. The lowest BCUT2D eigenvalue weighted by Crippen LogP contribution is -2.25. The summed E-state index contributed by atoms with van der Waals surface area (Å²) in [6.45, 7) is 5.09. The fraction of sp³-hybridized carbons (Fsp3) is 0.455. The minimum Gasteiger partial charge on any atom is -0.493 e. The Morgan fingerprint density at radius 1 is 1.23 bits per heavy atom. The zero-order valence-corrected chi connectivity index (χ0v) is 17.3. The summed E-state index contributed by atoms with van der Waals surface area (Å²) < 4.78 is 33.1. The van der Waals surface area contributed by atoms with Gasteiger partial charge in [-0.25, -0.2) is 9.18 Å². The van der Waals surface area contributed by atoms with Crippen LogP contribution >= 0.6 is 0 Å². The standard InChI is InChI=1S/C22H24FNO6/c1-22(2)16-11-8-15(30-7-5-6-28-3)14(29-4)9-12(11)18-17(23)19(25)13(21(26)27)10-24(18)20(16)22/h8-10,16,20H,5-7H2,1-4H3,(H,26,27)/t16-,20+/m1/s1. The quantitative estimate of drug-likeness (QED) is 0.695. The molecular formula is C22H24FNO6.